The fourth-order valence-corrected chi connectivity index (χ4v) is 9.28. The Morgan fingerprint density at radius 1 is 1.02 bits per heavy atom. The van der Waals surface area contributed by atoms with E-state index in [1.165, 1.54) is 10.6 Å². The van der Waals surface area contributed by atoms with Gasteiger partial charge in [-0.3, -0.25) is 24.3 Å². The van der Waals surface area contributed by atoms with E-state index < -0.39 is 5.97 Å². The van der Waals surface area contributed by atoms with Crippen molar-refractivity contribution in [2.75, 3.05) is 45.6 Å². The van der Waals surface area contributed by atoms with E-state index in [4.69, 9.17) is 21.6 Å². The number of rotatable bonds is 11. The maximum Gasteiger partial charge on any atom is 0.306 e. The van der Waals surface area contributed by atoms with E-state index >= 15 is 0 Å². The largest absolute Gasteiger partial charge is 0.481 e. The maximum atomic E-state index is 13.6. The third kappa shape index (κ3) is 8.95. The van der Waals surface area contributed by atoms with Crippen LogP contribution in [0.2, 0.25) is 5.02 Å². The summed E-state index contributed by atoms with van der Waals surface area (Å²) >= 11 is 8.77. The number of anilines is 1. The van der Waals surface area contributed by atoms with Crippen molar-refractivity contribution < 1.29 is 19.5 Å². The molecule has 4 heterocycles. The number of benzene rings is 2. The van der Waals surface area contributed by atoms with Crippen molar-refractivity contribution in [2.45, 2.75) is 72.0 Å². The number of carbonyl (C=O) groups is 3. The number of nitrogens with zero attached hydrogens (tertiary/aromatic N) is 6. The molecule has 13 heteroatoms. The van der Waals surface area contributed by atoms with E-state index in [0.29, 0.717) is 35.5 Å². The van der Waals surface area contributed by atoms with Crippen LogP contribution in [0.3, 0.4) is 0 Å². The van der Waals surface area contributed by atoms with Crippen molar-refractivity contribution in [3.05, 3.63) is 74.8 Å². The second kappa shape index (κ2) is 17.7. The van der Waals surface area contributed by atoms with Crippen LogP contribution in [0.15, 0.2) is 36.4 Å². The smallest absolute Gasteiger partial charge is 0.306 e. The first kappa shape index (κ1) is 39.7. The Morgan fingerprint density at radius 2 is 1.74 bits per heavy atom. The molecule has 2 aromatic heterocycles. The number of fused-ring (bicyclic) bond motifs is 2. The third-order valence-corrected chi connectivity index (χ3v) is 12.7. The van der Waals surface area contributed by atoms with E-state index in [1.54, 1.807) is 11.3 Å². The van der Waals surface area contributed by atoms with Crippen molar-refractivity contribution >= 4 is 46.8 Å². The lowest BCUT2D eigenvalue weighted by molar-refractivity contribution is -0.143. The third-order valence-electron chi connectivity index (χ3n) is 11.2. The summed E-state index contributed by atoms with van der Waals surface area (Å²) in [5.41, 5.74) is 7.85. The maximum absolute atomic E-state index is 13.6. The quantitative estimate of drug-likeness (QED) is 0.153. The standard InChI is InChI=1S/C36H41ClN6O3S.C5H11NO/c1-21-24(6-4-7-25(21)35-40-29-18-41(2)20-31(29)47-35)26-8-5-9-27(32(26)37)39-34(44)33-38-28-19-43(17-15-30(28)42(33)3)16-14-22-10-12-23(13-11-22)36(45)46;1-3-6(2)4-5-7/h4-9,22-23H,10-20H2,1-3H3,(H,39,44)(H,45,46);5H,3-4H2,1-2H3. The Kier molecular flexibility index (Phi) is 13.0. The highest BCUT2D eigenvalue weighted by Crippen LogP contribution is 2.41. The Bertz CT molecular complexity index is 1960. The number of aldehydes is 1. The van der Waals surface area contributed by atoms with Gasteiger partial charge < -0.3 is 19.8 Å². The van der Waals surface area contributed by atoms with E-state index in [1.807, 2.05) is 54.8 Å². The predicted octanol–water partition coefficient (Wildman–Crippen LogP) is 7.15. The molecule has 0 radical (unpaired) electrons. The van der Waals surface area contributed by atoms with Crippen molar-refractivity contribution in [1.29, 1.82) is 0 Å². The molecule has 3 aliphatic rings. The molecule has 288 valence electrons. The number of hydrogen-bond donors (Lipinski definition) is 2. The molecule has 1 saturated carbocycles. The van der Waals surface area contributed by atoms with Crippen LogP contribution in [0.25, 0.3) is 21.7 Å². The molecule has 1 amide bonds. The first-order valence-corrected chi connectivity index (χ1v) is 20.2. The second-order valence-corrected chi connectivity index (χ2v) is 16.4. The number of amides is 1. The number of nitrogens with one attached hydrogen (secondary N) is 1. The molecule has 0 saturated heterocycles. The van der Waals surface area contributed by atoms with Gasteiger partial charge in [-0.05, 0) is 89.3 Å². The van der Waals surface area contributed by atoms with Gasteiger partial charge in [-0.15, -0.1) is 11.3 Å². The Labute approximate surface area is 327 Å². The summed E-state index contributed by atoms with van der Waals surface area (Å²) in [4.78, 5) is 52.4. The highest BCUT2D eigenvalue weighted by molar-refractivity contribution is 7.15. The number of carboxylic acids is 1. The van der Waals surface area contributed by atoms with Gasteiger partial charge >= 0.3 is 5.97 Å². The number of thiazole rings is 1. The molecule has 2 aromatic carbocycles. The number of likely N-dealkylation sites (N-methyl/N-ethyl adjacent to an activating group) is 1. The number of aliphatic carboxylic acids is 1. The number of imidazole rings is 1. The van der Waals surface area contributed by atoms with Crippen LogP contribution in [-0.2, 0) is 42.7 Å². The average molecular weight is 774 g/mol. The van der Waals surface area contributed by atoms with Crippen molar-refractivity contribution in [3.63, 3.8) is 0 Å². The number of carbonyl (C=O) groups excluding carboxylic acids is 2. The molecule has 1 aliphatic carbocycles. The summed E-state index contributed by atoms with van der Waals surface area (Å²) in [7, 11) is 5.94. The zero-order valence-corrected chi connectivity index (χ0v) is 33.6. The molecule has 11 nitrogen and oxygen atoms in total. The summed E-state index contributed by atoms with van der Waals surface area (Å²) in [6.07, 6.45) is 6.37. The lowest BCUT2D eigenvalue weighted by Crippen LogP contribution is -2.33. The molecule has 1 fully saturated rings. The fraction of sp³-hybridized carbons (Fsp3) is 0.488. The highest BCUT2D eigenvalue weighted by Gasteiger charge is 2.29. The van der Waals surface area contributed by atoms with E-state index in [9.17, 15) is 19.5 Å². The van der Waals surface area contributed by atoms with Gasteiger partial charge in [0.1, 0.15) is 11.3 Å². The zero-order valence-electron chi connectivity index (χ0n) is 32.0. The molecular formula is C41H52ClN7O4S. The van der Waals surface area contributed by atoms with Crippen molar-refractivity contribution in [1.82, 2.24) is 29.2 Å². The second-order valence-electron chi connectivity index (χ2n) is 14.9. The Hall–Kier alpha value is -3.94. The molecule has 0 bridgehead atoms. The minimum Gasteiger partial charge on any atom is -0.481 e. The van der Waals surface area contributed by atoms with Crippen LogP contribution in [0.5, 0.6) is 0 Å². The zero-order chi connectivity index (χ0) is 38.5. The number of halogens is 1. The van der Waals surface area contributed by atoms with Gasteiger partial charge in [-0.1, -0.05) is 48.9 Å². The van der Waals surface area contributed by atoms with Gasteiger partial charge in [0.05, 0.1) is 34.6 Å². The normalized spacial score (nSPS) is 18.5. The summed E-state index contributed by atoms with van der Waals surface area (Å²) < 4.78 is 1.92. The summed E-state index contributed by atoms with van der Waals surface area (Å²) in [6.45, 7) is 10.0. The minimum absolute atomic E-state index is 0.174. The highest BCUT2D eigenvalue weighted by atomic mass is 35.5. The van der Waals surface area contributed by atoms with Crippen LogP contribution in [0, 0.1) is 18.8 Å². The van der Waals surface area contributed by atoms with Crippen LogP contribution in [0.1, 0.15) is 77.2 Å². The molecule has 54 heavy (non-hydrogen) atoms. The van der Waals surface area contributed by atoms with Gasteiger partial charge in [0.2, 0.25) is 0 Å². The SMILES string of the molecule is CCN(C)CC=O.Cc1c(-c2nc3c(s2)CN(C)C3)cccc1-c1cccc(NC(=O)c2nc3c(n2C)CCN(CCC2CCC(C(=O)O)CC2)C3)c1Cl. The Morgan fingerprint density at radius 3 is 2.43 bits per heavy atom. The summed E-state index contributed by atoms with van der Waals surface area (Å²) in [6, 6.07) is 12.0. The molecular weight excluding hydrogens is 722 g/mol. The van der Waals surface area contributed by atoms with E-state index in [2.05, 4.69) is 41.2 Å². The first-order chi connectivity index (χ1) is 26.0. The Balaban J connectivity index is 0.000000649. The number of aromatic nitrogens is 3. The van der Waals surface area contributed by atoms with Gasteiger partial charge in [0.25, 0.3) is 5.91 Å². The van der Waals surface area contributed by atoms with Crippen LogP contribution in [-0.4, -0.2) is 92.8 Å². The summed E-state index contributed by atoms with van der Waals surface area (Å²) in [5, 5.41) is 13.9. The van der Waals surface area contributed by atoms with E-state index in [-0.39, 0.29) is 11.8 Å². The number of carboxylic acid groups (broad SMARTS) is 1. The first-order valence-electron chi connectivity index (χ1n) is 19.0. The molecule has 7 rings (SSSR count). The summed E-state index contributed by atoms with van der Waals surface area (Å²) in [5.74, 6) is -0.146. The van der Waals surface area contributed by atoms with Gasteiger partial charge in [-0.25, -0.2) is 9.97 Å². The minimum atomic E-state index is -0.652. The molecule has 0 atom stereocenters. The van der Waals surface area contributed by atoms with Gasteiger partial charge in [0.15, 0.2) is 5.82 Å². The lowest BCUT2D eigenvalue weighted by atomic mass is 9.80. The van der Waals surface area contributed by atoms with Crippen LogP contribution >= 0.6 is 22.9 Å². The van der Waals surface area contributed by atoms with Gasteiger partial charge in [0, 0.05) is 61.3 Å². The fourth-order valence-electron chi connectivity index (χ4n) is 7.77. The average Bonchev–Trinajstić information content (AvgIpc) is 3.82. The topological polar surface area (TPSA) is 124 Å². The van der Waals surface area contributed by atoms with E-state index in [0.717, 1.165) is 116 Å². The molecule has 4 aromatic rings. The van der Waals surface area contributed by atoms with Gasteiger partial charge in [-0.2, -0.15) is 0 Å². The van der Waals surface area contributed by atoms with Crippen LogP contribution < -0.4 is 5.32 Å². The lowest BCUT2D eigenvalue weighted by Gasteiger charge is -2.30. The molecule has 2 N–H and O–H groups in total. The monoisotopic (exact) mass is 773 g/mol. The predicted molar refractivity (Wildman–Crippen MR) is 215 cm³/mol. The van der Waals surface area contributed by atoms with Crippen molar-refractivity contribution in [2.24, 2.45) is 18.9 Å². The molecule has 0 unspecified atom stereocenters. The van der Waals surface area contributed by atoms with Crippen LogP contribution in [0.4, 0.5) is 5.69 Å². The molecule has 0 spiro atoms. The number of hydrogen-bond acceptors (Lipinski definition) is 9. The molecule has 2 aliphatic heterocycles. The van der Waals surface area contributed by atoms with Crippen molar-refractivity contribution in [3.8, 4) is 21.7 Å².